The Kier molecular flexibility index (Phi) is 4.51. The fourth-order valence-corrected chi connectivity index (χ4v) is 2.26. The molecule has 0 fully saturated rings. The average molecular weight is 282 g/mol. The second-order valence-corrected chi connectivity index (χ2v) is 4.74. The summed E-state index contributed by atoms with van der Waals surface area (Å²) >= 11 is 6.01. The Morgan fingerprint density at radius 2 is 1.84 bits per heavy atom. The highest BCUT2D eigenvalue weighted by atomic mass is 35.5. The van der Waals surface area contributed by atoms with Gasteiger partial charge in [0.2, 0.25) is 0 Å². The van der Waals surface area contributed by atoms with Crippen molar-refractivity contribution in [2.45, 2.75) is 12.5 Å². The predicted molar refractivity (Wildman–Crippen MR) is 73.3 cm³/mol. The van der Waals surface area contributed by atoms with Gasteiger partial charge in [-0.25, -0.2) is 8.78 Å². The second kappa shape index (κ2) is 6.13. The molecule has 0 amide bonds. The van der Waals surface area contributed by atoms with Gasteiger partial charge in [-0.15, -0.1) is 0 Å². The van der Waals surface area contributed by atoms with Crippen molar-refractivity contribution in [3.63, 3.8) is 0 Å². The minimum atomic E-state index is -0.361. The van der Waals surface area contributed by atoms with Crippen molar-refractivity contribution in [2.75, 3.05) is 7.05 Å². The van der Waals surface area contributed by atoms with E-state index in [1.807, 2.05) is 6.07 Å². The van der Waals surface area contributed by atoms with Gasteiger partial charge in [-0.2, -0.15) is 0 Å². The van der Waals surface area contributed by atoms with Crippen molar-refractivity contribution in [3.05, 3.63) is 70.2 Å². The van der Waals surface area contributed by atoms with Crippen LogP contribution in [-0.4, -0.2) is 7.05 Å². The first-order valence-corrected chi connectivity index (χ1v) is 6.34. The summed E-state index contributed by atoms with van der Waals surface area (Å²) in [7, 11) is 1.80. The molecule has 4 heteroatoms. The van der Waals surface area contributed by atoms with E-state index in [-0.39, 0.29) is 17.7 Å². The molecule has 0 aliphatic heterocycles. The highest BCUT2D eigenvalue weighted by Crippen LogP contribution is 2.24. The number of likely N-dealkylation sites (N-methyl/N-ethyl adjacent to an activating group) is 1. The van der Waals surface area contributed by atoms with Crippen LogP contribution in [0.25, 0.3) is 0 Å². The minimum absolute atomic E-state index is 0.0707. The van der Waals surface area contributed by atoms with E-state index in [0.717, 1.165) is 11.1 Å². The fourth-order valence-electron chi connectivity index (χ4n) is 2.02. The van der Waals surface area contributed by atoms with Gasteiger partial charge >= 0.3 is 0 Å². The van der Waals surface area contributed by atoms with Gasteiger partial charge in [0, 0.05) is 11.1 Å². The fraction of sp³-hybridized carbons (Fsp3) is 0.200. The van der Waals surface area contributed by atoms with Crippen molar-refractivity contribution >= 4 is 11.6 Å². The Bertz CT molecular complexity index is 572. The van der Waals surface area contributed by atoms with Crippen LogP contribution >= 0.6 is 11.6 Å². The highest BCUT2D eigenvalue weighted by molar-refractivity contribution is 6.31. The zero-order valence-electron chi connectivity index (χ0n) is 10.5. The van der Waals surface area contributed by atoms with E-state index >= 15 is 0 Å². The number of hydrogen-bond acceptors (Lipinski definition) is 1. The maximum Gasteiger partial charge on any atom is 0.124 e. The molecule has 0 heterocycles. The van der Waals surface area contributed by atoms with Gasteiger partial charge in [0.25, 0.3) is 0 Å². The highest BCUT2D eigenvalue weighted by Gasteiger charge is 2.13. The van der Waals surface area contributed by atoms with Crippen LogP contribution in [0.2, 0.25) is 5.02 Å². The summed E-state index contributed by atoms with van der Waals surface area (Å²) in [5.41, 5.74) is 1.66. The molecule has 1 atom stereocenters. The van der Waals surface area contributed by atoms with Crippen molar-refractivity contribution in [2.24, 2.45) is 0 Å². The van der Waals surface area contributed by atoms with E-state index in [1.54, 1.807) is 19.2 Å². The third kappa shape index (κ3) is 3.52. The van der Waals surface area contributed by atoms with Gasteiger partial charge in [0.1, 0.15) is 11.6 Å². The quantitative estimate of drug-likeness (QED) is 0.889. The smallest absolute Gasteiger partial charge is 0.124 e. The Labute approximate surface area is 116 Å². The summed E-state index contributed by atoms with van der Waals surface area (Å²) in [6, 6.07) is 10.7. The molecule has 0 spiro atoms. The third-order valence-electron chi connectivity index (χ3n) is 3.04. The number of hydrogen-bond donors (Lipinski definition) is 1. The standard InChI is InChI=1S/C15H14ClF2N/c1-19-15(11-3-2-4-12(17)7-11)8-10-5-6-13(18)9-14(10)16/h2-7,9,15,19H,8H2,1H3. The molecule has 0 aromatic heterocycles. The lowest BCUT2D eigenvalue weighted by Crippen LogP contribution is -2.19. The first-order valence-electron chi connectivity index (χ1n) is 5.97. The Morgan fingerprint density at radius 1 is 1.11 bits per heavy atom. The SMILES string of the molecule is CNC(Cc1ccc(F)cc1Cl)c1cccc(F)c1. The first kappa shape index (κ1) is 14.0. The van der Waals surface area contributed by atoms with Crippen LogP contribution < -0.4 is 5.32 Å². The first-order chi connectivity index (χ1) is 9.10. The molecule has 0 saturated heterocycles. The zero-order valence-corrected chi connectivity index (χ0v) is 11.2. The molecular weight excluding hydrogens is 268 g/mol. The van der Waals surface area contributed by atoms with Crippen molar-refractivity contribution in [3.8, 4) is 0 Å². The molecule has 1 N–H and O–H groups in total. The van der Waals surface area contributed by atoms with Gasteiger partial charge in [-0.1, -0.05) is 29.8 Å². The van der Waals surface area contributed by atoms with E-state index in [0.29, 0.717) is 11.4 Å². The summed E-state index contributed by atoms with van der Waals surface area (Å²) < 4.78 is 26.2. The molecule has 0 radical (unpaired) electrons. The molecule has 1 nitrogen and oxygen atoms in total. The van der Waals surface area contributed by atoms with Crippen LogP contribution in [0.15, 0.2) is 42.5 Å². The molecule has 2 aromatic carbocycles. The maximum absolute atomic E-state index is 13.2. The van der Waals surface area contributed by atoms with Crippen LogP contribution in [0.5, 0.6) is 0 Å². The summed E-state index contributed by atoms with van der Waals surface area (Å²) in [4.78, 5) is 0. The van der Waals surface area contributed by atoms with Crippen LogP contribution in [0.3, 0.4) is 0 Å². The molecule has 2 rings (SSSR count). The largest absolute Gasteiger partial charge is 0.313 e. The van der Waals surface area contributed by atoms with Crippen molar-refractivity contribution < 1.29 is 8.78 Å². The molecule has 0 aliphatic carbocycles. The topological polar surface area (TPSA) is 12.0 Å². The molecule has 100 valence electrons. The van der Waals surface area contributed by atoms with Crippen LogP contribution in [0.1, 0.15) is 17.2 Å². The molecule has 0 saturated carbocycles. The van der Waals surface area contributed by atoms with E-state index in [2.05, 4.69) is 5.32 Å². The second-order valence-electron chi connectivity index (χ2n) is 4.34. The average Bonchev–Trinajstić information content (AvgIpc) is 2.38. The Morgan fingerprint density at radius 3 is 2.47 bits per heavy atom. The van der Waals surface area contributed by atoms with E-state index in [1.165, 1.54) is 24.3 Å². The van der Waals surface area contributed by atoms with E-state index in [9.17, 15) is 8.78 Å². The molecular formula is C15H14ClF2N. The molecule has 19 heavy (non-hydrogen) atoms. The predicted octanol–water partition coefficient (Wildman–Crippen LogP) is 4.12. The lowest BCUT2D eigenvalue weighted by molar-refractivity contribution is 0.576. The lowest BCUT2D eigenvalue weighted by Gasteiger charge is -2.17. The van der Waals surface area contributed by atoms with Gasteiger partial charge < -0.3 is 5.32 Å². The molecule has 0 bridgehead atoms. The van der Waals surface area contributed by atoms with E-state index in [4.69, 9.17) is 11.6 Å². The summed E-state index contributed by atoms with van der Waals surface area (Å²) in [5, 5.41) is 3.50. The van der Waals surface area contributed by atoms with Gasteiger partial charge in [0.15, 0.2) is 0 Å². The van der Waals surface area contributed by atoms with Crippen LogP contribution in [0, 0.1) is 11.6 Å². The van der Waals surface area contributed by atoms with Gasteiger partial charge in [-0.3, -0.25) is 0 Å². The van der Waals surface area contributed by atoms with E-state index < -0.39 is 0 Å². The van der Waals surface area contributed by atoms with Gasteiger partial charge in [-0.05, 0) is 48.9 Å². The molecule has 1 unspecified atom stereocenters. The van der Waals surface area contributed by atoms with Crippen molar-refractivity contribution in [1.82, 2.24) is 5.32 Å². The Balaban J connectivity index is 2.24. The minimum Gasteiger partial charge on any atom is -0.313 e. The monoisotopic (exact) mass is 281 g/mol. The number of rotatable bonds is 4. The summed E-state index contributed by atoms with van der Waals surface area (Å²) in [5.74, 6) is -0.636. The van der Waals surface area contributed by atoms with Crippen LogP contribution in [0.4, 0.5) is 8.78 Å². The summed E-state index contributed by atoms with van der Waals surface area (Å²) in [6.45, 7) is 0. The lowest BCUT2D eigenvalue weighted by atomic mass is 9.99. The van der Waals surface area contributed by atoms with Crippen LogP contribution in [-0.2, 0) is 6.42 Å². The number of nitrogens with one attached hydrogen (secondary N) is 1. The normalized spacial score (nSPS) is 12.4. The Hall–Kier alpha value is -1.45. The third-order valence-corrected chi connectivity index (χ3v) is 3.39. The molecule has 2 aromatic rings. The maximum atomic E-state index is 13.2. The number of benzene rings is 2. The molecule has 0 aliphatic rings. The zero-order chi connectivity index (χ0) is 13.8. The number of halogens is 3. The summed E-state index contributed by atoms with van der Waals surface area (Å²) in [6.07, 6.45) is 0.569. The van der Waals surface area contributed by atoms with Gasteiger partial charge in [0.05, 0.1) is 0 Å². The van der Waals surface area contributed by atoms with Crippen molar-refractivity contribution in [1.29, 1.82) is 0 Å².